The maximum Gasteiger partial charge on any atom is 0.0771 e. The summed E-state index contributed by atoms with van der Waals surface area (Å²) in [5.41, 5.74) is -0.453. The molecule has 2 rings (SSSR count). The number of hydrogen-bond donors (Lipinski definition) is 2. The van der Waals surface area contributed by atoms with Crippen LogP contribution in [0.3, 0.4) is 0 Å². The van der Waals surface area contributed by atoms with Crippen LogP contribution >= 0.6 is 0 Å². The summed E-state index contributed by atoms with van der Waals surface area (Å²) in [7, 11) is 0. The van der Waals surface area contributed by atoms with Crippen molar-refractivity contribution in [1.82, 2.24) is 5.32 Å². The number of ether oxygens (including phenoxy) is 1. The molecule has 0 spiro atoms. The molecule has 16 heavy (non-hydrogen) atoms. The fraction of sp³-hybridized carbons (Fsp3) is 1.00. The Morgan fingerprint density at radius 1 is 1.31 bits per heavy atom. The molecule has 0 aromatic rings. The third-order valence-electron chi connectivity index (χ3n) is 4.06. The van der Waals surface area contributed by atoms with E-state index in [1.54, 1.807) is 0 Å². The monoisotopic (exact) mass is 227 g/mol. The number of hydrogen-bond acceptors (Lipinski definition) is 3. The van der Waals surface area contributed by atoms with E-state index < -0.39 is 5.60 Å². The van der Waals surface area contributed by atoms with Crippen molar-refractivity contribution in [3.63, 3.8) is 0 Å². The van der Waals surface area contributed by atoms with Gasteiger partial charge in [-0.2, -0.15) is 0 Å². The van der Waals surface area contributed by atoms with Crippen molar-refractivity contribution in [2.75, 3.05) is 13.2 Å². The van der Waals surface area contributed by atoms with E-state index in [1.165, 1.54) is 25.7 Å². The number of aliphatic hydroxyl groups is 1. The third kappa shape index (κ3) is 3.19. The standard InChI is InChI=1S/C13H25NO2/c1-11(12-6-5-9-16-12)14-10-13(15)7-3-2-4-8-13/h11-12,14-15H,2-10H2,1H3. The van der Waals surface area contributed by atoms with Crippen molar-refractivity contribution >= 4 is 0 Å². The van der Waals surface area contributed by atoms with Crippen LogP contribution in [0.5, 0.6) is 0 Å². The van der Waals surface area contributed by atoms with E-state index in [0.717, 1.165) is 32.4 Å². The summed E-state index contributed by atoms with van der Waals surface area (Å²) in [4.78, 5) is 0. The van der Waals surface area contributed by atoms with Crippen molar-refractivity contribution < 1.29 is 9.84 Å². The highest BCUT2D eigenvalue weighted by Crippen LogP contribution is 2.27. The Kier molecular flexibility index (Phi) is 4.22. The summed E-state index contributed by atoms with van der Waals surface area (Å²) < 4.78 is 5.64. The van der Waals surface area contributed by atoms with Crippen molar-refractivity contribution in [3.05, 3.63) is 0 Å². The molecule has 0 aromatic carbocycles. The van der Waals surface area contributed by atoms with Crippen LogP contribution in [-0.4, -0.2) is 36.0 Å². The summed E-state index contributed by atoms with van der Waals surface area (Å²) in [6, 6.07) is 0.369. The summed E-state index contributed by atoms with van der Waals surface area (Å²) in [6.45, 7) is 3.80. The van der Waals surface area contributed by atoms with E-state index in [-0.39, 0.29) is 0 Å². The van der Waals surface area contributed by atoms with Gasteiger partial charge in [-0.05, 0) is 32.6 Å². The van der Waals surface area contributed by atoms with Crippen molar-refractivity contribution in [1.29, 1.82) is 0 Å². The average Bonchev–Trinajstić information content (AvgIpc) is 2.80. The Labute approximate surface area is 98.6 Å². The molecule has 0 radical (unpaired) electrons. The Balaban J connectivity index is 1.72. The van der Waals surface area contributed by atoms with Gasteiger partial charge in [-0.3, -0.25) is 0 Å². The van der Waals surface area contributed by atoms with E-state index in [4.69, 9.17) is 4.74 Å². The lowest BCUT2D eigenvalue weighted by Crippen LogP contribution is -2.48. The van der Waals surface area contributed by atoms with Gasteiger partial charge in [0.2, 0.25) is 0 Å². The first-order chi connectivity index (χ1) is 7.70. The largest absolute Gasteiger partial charge is 0.389 e. The minimum atomic E-state index is -0.453. The SMILES string of the molecule is CC(NCC1(O)CCCCC1)C1CCCO1. The van der Waals surface area contributed by atoms with Gasteiger partial charge in [-0.25, -0.2) is 0 Å². The van der Waals surface area contributed by atoms with Gasteiger partial charge in [0.05, 0.1) is 11.7 Å². The van der Waals surface area contributed by atoms with Gasteiger partial charge in [0.25, 0.3) is 0 Å². The van der Waals surface area contributed by atoms with Crippen molar-refractivity contribution in [3.8, 4) is 0 Å². The molecule has 1 heterocycles. The van der Waals surface area contributed by atoms with Gasteiger partial charge in [0.15, 0.2) is 0 Å². The van der Waals surface area contributed by atoms with E-state index in [1.807, 2.05) is 0 Å². The summed E-state index contributed by atoms with van der Waals surface area (Å²) >= 11 is 0. The topological polar surface area (TPSA) is 41.5 Å². The average molecular weight is 227 g/mol. The Hall–Kier alpha value is -0.120. The third-order valence-corrected chi connectivity index (χ3v) is 4.06. The van der Waals surface area contributed by atoms with E-state index >= 15 is 0 Å². The molecule has 0 aromatic heterocycles. The molecule has 1 aliphatic heterocycles. The lowest BCUT2D eigenvalue weighted by molar-refractivity contribution is -0.00350. The highest BCUT2D eigenvalue weighted by atomic mass is 16.5. The van der Waals surface area contributed by atoms with Crippen molar-refractivity contribution in [2.45, 2.75) is 69.6 Å². The molecule has 2 aliphatic rings. The highest BCUT2D eigenvalue weighted by molar-refractivity contribution is 4.87. The molecule has 1 aliphatic carbocycles. The van der Waals surface area contributed by atoms with Crippen LogP contribution in [0.4, 0.5) is 0 Å². The first-order valence-electron chi connectivity index (χ1n) is 6.77. The first-order valence-corrected chi connectivity index (χ1v) is 6.77. The molecule has 2 fully saturated rings. The van der Waals surface area contributed by atoms with Crippen LogP contribution in [0.1, 0.15) is 51.9 Å². The Bertz CT molecular complexity index is 208. The maximum atomic E-state index is 10.4. The lowest BCUT2D eigenvalue weighted by Gasteiger charge is -2.34. The molecule has 1 saturated heterocycles. The van der Waals surface area contributed by atoms with Crippen LogP contribution in [0.15, 0.2) is 0 Å². The highest BCUT2D eigenvalue weighted by Gasteiger charge is 2.30. The maximum absolute atomic E-state index is 10.4. The molecular weight excluding hydrogens is 202 g/mol. The van der Waals surface area contributed by atoms with Gasteiger partial charge in [0, 0.05) is 19.2 Å². The van der Waals surface area contributed by atoms with Gasteiger partial charge in [-0.1, -0.05) is 19.3 Å². The predicted octanol–water partition coefficient (Wildman–Crippen LogP) is 1.84. The van der Waals surface area contributed by atoms with Crippen LogP contribution in [-0.2, 0) is 4.74 Å². The van der Waals surface area contributed by atoms with Gasteiger partial charge in [0.1, 0.15) is 0 Å². The molecule has 0 amide bonds. The second-order valence-electron chi connectivity index (χ2n) is 5.51. The molecule has 94 valence electrons. The normalized spacial score (nSPS) is 31.5. The van der Waals surface area contributed by atoms with Gasteiger partial charge >= 0.3 is 0 Å². The zero-order valence-electron chi connectivity index (χ0n) is 10.4. The van der Waals surface area contributed by atoms with Crippen LogP contribution in [0, 0.1) is 0 Å². The fourth-order valence-corrected chi connectivity index (χ4v) is 2.87. The summed E-state index contributed by atoms with van der Waals surface area (Å²) in [5.74, 6) is 0. The molecule has 2 atom stereocenters. The molecule has 0 bridgehead atoms. The lowest BCUT2D eigenvalue weighted by atomic mass is 9.84. The van der Waals surface area contributed by atoms with Gasteiger partial charge in [-0.15, -0.1) is 0 Å². The molecular formula is C13H25NO2. The second kappa shape index (κ2) is 5.48. The predicted molar refractivity (Wildman–Crippen MR) is 64.5 cm³/mol. The van der Waals surface area contributed by atoms with E-state index in [2.05, 4.69) is 12.2 Å². The zero-order chi connectivity index (χ0) is 11.4. The second-order valence-corrected chi connectivity index (χ2v) is 5.51. The van der Waals surface area contributed by atoms with E-state index in [9.17, 15) is 5.11 Å². The van der Waals surface area contributed by atoms with Crippen LogP contribution in [0.25, 0.3) is 0 Å². The van der Waals surface area contributed by atoms with Crippen LogP contribution in [0.2, 0.25) is 0 Å². The van der Waals surface area contributed by atoms with Crippen LogP contribution < -0.4 is 5.32 Å². The minimum absolute atomic E-state index is 0.354. The Morgan fingerprint density at radius 2 is 2.06 bits per heavy atom. The molecule has 1 saturated carbocycles. The smallest absolute Gasteiger partial charge is 0.0771 e. The Morgan fingerprint density at radius 3 is 2.69 bits per heavy atom. The quantitative estimate of drug-likeness (QED) is 0.770. The summed E-state index contributed by atoms with van der Waals surface area (Å²) in [5, 5.41) is 13.8. The number of nitrogens with one attached hydrogen (secondary N) is 1. The van der Waals surface area contributed by atoms with Gasteiger partial charge < -0.3 is 15.2 Å². The number of rotatable bonds is 4. The minimum Gasteiger partial charge on any atom is -0.389 e. The molecule has 2 unspecified atom stereocenters. The molecule has 3 nitrogen and oxygen atoms in total. The van der Waals surface area contributed by atoms with Crippen molar-refractivity contribution in [2.24, 2.45) is 0 Å². The fourth-order valence-electron chi connectivity index (χ4n) is 2.87. The zero-order valence-corrected chi connectivity index (χ0v) is 10.4. The molecule has 3 heteroatoms. The first kappa shape index (κ1) is 12.3. The molecule has 2 N–H and O–H groups in total. The summed E-state index contributed by atoms with van der Waals surface area (Å²) in [6.07, 6.45) is 8.24. The van der Waals surface area contributed by atoms with E-state index in [0.29, 0.717) is 12.1 Å².